The first-order chi connectivity index (χ1) is 13.5. The zero-order valence-corrected chi connectivity index (χ0v) is 19.4. The van der Waals surface area contributed by atoms with Crippen molar-refractivity contribution < 1.29 is 14.7 Å². The number of hydrogen-bond donors (Lipinski definition) is 1. The minimum Gasteiger partial charge on any atom is -0.481 e. The molecule has 0 saturated heterocycles. The second-order valence-corrected chi connectivity index (χ2v) is 9.95. The van der Waals surface area contributed by atoms with Gasteiger partial charge in [0.05, 0.1) is 26.2 Å². The van der Waals surface area contributed by atoms with E-state index in [4.69, 9.17) is 39.6 Å². The number of rotatable bonds is 4. The fraction of sp³-hybridized carbons (Fsp3) is 0.545. The molecular formula is C22H26Cl3NO3. The molecule has 0 radical (unpaired) electrons. The van der Waals surface area contributed by atoms with E-state index in [1.165, 1.54) is 6.26 Å². The van der Waals surface area contributed by atoms with E-state index in [1.807, 2.05) is 20.8 Å². The predicted molar refractivity (Wildman–Crippen MR) is 118 cm³/mol. The maximum atomic E-state index is 12.3. The van der Waals surface area contributed by atoms with Gasteiger partial charge < -0.3 is 9.94 Å². The Morgan fingerprint density at radius 1 is 1.24 bits per heavy atom. The van der Waals surface area contributed by atoms with Gasteiger partial charge in [0.2, 0.25) is 0 Å². The van der Waals surface area contributed by atoms with Gasteiger partial charge in [-0.05, 0) is 54.6 Å². The summed E-state index contributed by atoms with van der Waals surface area (Å²) in [5, 5.41) is 15.7. The van der Waals surface area contributed by atoms with Crippen molar-refractivity contribution in [3.63, 3.8) is 0 Å². The fourth-order valence-electron chi connectivity index (χ4n) is 5.35. The van der Waals surface area contributed by atoms with Crippen molar-refractivity contribution >= 4 is 46.5 Å². The first-order valence-corrected chi connectivity index (χ1v) is 10.9. The van der Waals surface area contributed by atoms with Crippen molar-refractivity contribution in [2.45, 2.75) is 64.7 Å². The molecule has 4 nitrogen and oxygen atoms in total. The smallest absolute Gasteiger partial charge is 0.309 e. The van der Waals surface area contributed by atoms with Gasteiger partial charge in [-0.3, -0.25) is 4.79 Å². The molecule has 29 heavy (non-hydrogen) atoms. The summed E-state index contributed by atoms with van der Waals surface area (Å²) in [7, 11) is 0. The molecule has 0 heterocycles. The molecule has 1 saturated carbocycles. The molecule has 2 aliphatic rings. The maximum Gasteiger partial charge on any atom is 0.309 e. The highest BCUT2D eigenvalue weighted by Crippen LogP contribution is 2.61. The van der Waals surface area contributed by atoms with Gasteiger partial charge in [-0.25, -0.2) is 0 Å². The van der Waals surface area contributed by atoms with Gasteiger partial charge in [0.15, 0.2) is 0 Å². The lowest BCUT2D eigenvalue weighted by Crippen LogP contribution is -2.53. The Balaban J connectivity index is 2.40. The lowest BCUT2D eigenvalue weighted by molar-refractivity contribution is -0.156. The first kappa shape index (κ1) is 22.5. The molecule has 1 N–H and O–H groups in total. The largest absolute Gasteiger partial charge is 0.481 e. The SMILES string of the molecule is C=CO/N=C1\C[C@H]2[C@](C)(C(=O)O)CCC[C@]2(C)c2c(Cl)c(Cl)c(C(C)C)c(Cl)c21. The van der Waals surface area contributed by atoms with Crippen LogP contribution >= 0.6 is 34.8 Å². The molecule has 1 aromatic rings. The van der Waals surface area contributed by atoms with Crippen LogP contribution in [0, 0.1) is 11.3 Å². The number of carbonyl (C=O) groups is 1. The quantitative estimate of drug-likeness (QED) is 0.295. The molecule has 1 aromatic carbocycles. The fourth-order valence-corrected chi connectivity index (χ4v) is 6.74. The molecule has 2 aliphatic carbocycles. The zero-order chi connectivity index (χ0) is 21.7. The molecule has 0 aromatic heterocycles. The minimum absolute atomic E-state index is 0.0561. The molecule has 0 unspecified atom stereocenters. The second kappa shape index (κ2) is 7.79. The van der Waals surface area contributed by atoms with Crippen LogP contribution in [0.4, 0.5) is 0 Å². The standard InChI is InChI=1S/C22H26Cl3NO3/c1-6-29-26-12-10-13-21(4,8-7-9-22(13,5)20(27)28)16-15(12)17(23)14(11(2)3)18(24)19(16)25/h6,11,13H,1,7-10H2,2-5H3,(H,27,28)/b26-12+/t13-,21+,22-/m1/s1. The average Bonchev–Trinajstić information content (AvgIpc) is 2.63. The van der Waals surface area contributed by atoms with Crippen molar-refractivity contribution in [1.82, 2.24) is 0 Å². The van der Waals surface area contributed by atoms with Crippen LogP contribution in [0.1, 0.15) is 76.0 Å². The number of oxime groups is 1. The first-order valence-electron chi connectivity index (χ1n) is 9.78. The molecule has 7 heteroatoms. The number of benzene rings is 1. The summed E-state index contributed by atoms with van der Waals surface area (Å²) in [6.45, 7) is 11.4. The van der Waals surface area contributed by atoms with E-state index in [0.717, 1.165) is 29.5 Å². The summed E-state index contributed by atoms with van der Waals surface area (Å²) >= 11 is 20.4. The average molecular weight is 459 g/mol. The van der Waals surface area contributed by atoms with Crippen molar-refractivity contribution in [3.05, 3.63) is 44.6 Å². The lowest BCUT2D eigenvalue weighted by atomic mass is 9.49. The molecule has 0 spiro atoms. The van der Waals surface area contributed by atoms with Gasteiger partial charge in [0.1, 0.15) is 6.26 Å². The van der Waals surface area contributed by atoms with E-state index in [1.54, 1.807) is 0 Å². The minimum atomic E-state index is -0.918. The van der Waals surface area contributed by atoms with Gasteiger partial charge in [0.25, 0.3) is 0 Å². The van der Waals surface area contributed by atoms with E-state index < -0.39 is 16.8 Å². The number of nitrogens with zero attached hydrogens (tertiary/aromatic N) is 1. The summed E-state index contributed by atoms with van der Waals surface area (Å²) in [5.74, 6) is -0.982. The van der Waals surface area contributed by atoms with E-state index in [-0.39, 0.29) is 11.8 Å². The predicted octanol–water partition coefficient (Wildman–Crippen LogP) is 7.19. The summed E-state index contributed by atoms with van der Waals surface area (Å²) in [6.07, 6.45) is 3.83. The molecule has 0 amide bonds. The summed E-state index contributed by atoms with van der Waals surface area (Å²) in [5.41, 5.74) is 1.45. The maximum absolute atomic E-state index is 12.3. The van der Waals surface area contributed by atoms with Crippen LogP contribution in [0.2, 0.25) is 15.1 Å². The number of halogens is 3. The Morgan fingerprint density at radius 3 is 2.45 bits per heavy atom. The number of carboxylic acid groups (broad SMARTS) is 1. The highest BCUT2D eigenvalue weighted by molar-refractivity contribution is 6.46. The van der Waals surface area contributed by atoms with Gasteiger partial charge in [-0.2, -0.15) is 0 Å². The van der Waals surface area contributed by atoms with Crippen molar-refractivity contribution in [1.29, 1.82) is 0 Å². The van der Waals surface area contributed by atoms with Gasteiger partial charge in [-0.15, -0.1) is 0 Å². The Bertz CT molecular complexity index is 911. The van der Waals surface area contributed by atoms with Crippen LogP contribution in [-0.2, 0) is 15.0 Å². The number of aliphatic carboxylic acids is 1. The van der Waals surface area contributed by atoms with Crippen LogP contribution in [0.5, 0.6) is 0 Å². The molecular weight excluding hydrogens is 433 g/mol. The van der Waals surface area contributed by atoms with Crippen molar-refractivity contribution in [2.75, 3.05) is 0 Å². The topological polar surface area (TPSA) is 58.9 Å². The normalized spacial score (nSPS) is 30.1. The van der Waals surface area contributed by atoms with Crippen LogP contribution in [0.15, 0.2) is 18.0 Å². The summed E-state index contributed by atoms with van der Waals surface area (Å²) in [6, 6.07) is 0. The summed E-state index contributed by atoms with van der Waals surface area (Å²) < 4.78 is 0. The highest BCUT2D eigenvalue weighted by atomic mass is 35.5. The number of fused-ring (bicyclic) bond motifs is 3. The highest BCUT2D eigenvalue weighted by Gasteiger charge is 2.58. The molecule has 3 atom stereocenters. The molecule has 0 bridgehead atoms. The van der Waals surface area contributed by atoms with E-state index >= 15 is 0 Å². The Labute approximate surface area is 186 Å². The number of carboxylic acids is 1. The van der Waals surface area contributed by atoms with E-state index in [0.29, 0.717) is 33.6 Å². The van der Waals surface area contributed by atoms with Crippen LogP contribution < -0.4 is 0 Å². The number of hydrogen-bond acceptors (Lipinski definition) is 3. The zero-order valence-electron chi connectivity index (χ0n) is 17.1. The second-order valence-electron chi connectivity index (χ2n) is 8.82. The van der Waals surface area contributed by atoms with E-state index in [9.17, 15) is 9.90 Å². The summed E-state index contributed by atoms with van der Waals surface area (Å²) in [4.78, 5) is 17.5. The van der Waals surface area contributed by atoms with Crippen molar-refractivity contribution in [2.24, 2.45) is 16.5 Å². The molecule has 0 aliphatic heterocycles. The third kappa shape index (κ3) is 3.28. The lowest BCUT2D eigenvalue weighted by Gasteiger charge is -2.54. The third-order valence-corrected chi connectivity index (χ3v) is 8.11. The van der Waals surface area contributed by atoms with Crippen LogP contribution in [0.25, 0.3) is 0 Å². The molecule has 3 rings (SSSR count). The molecule has 1 fully saturated rings. The van der Waals surface area contributed by atoms with Gasteiger partial charge in [-0.1, -0.05) is 73.7 Å². The van der Waals surface area contributed by atoms with Crippen LogP contribution in [-0.4, -0.2) is 16.8 Å². The Morgan fingerprint density at radius 2 is 1.90 bits per heavy atom. The van der Waals surface area contributed by atoms with Gasteiger partial charge in [0, 0.05) is 5.56 Å². The van der Waals surface area contributed by atoms with Crippen LogP contribution in [0.3, 0.4) is 0 Å². The third-order valence-electron chi connectivity index (χ3n) is 6.85. The monoisotopic (exact) mass is 457 g/mol. The van der Waals surface area contributed by atoms with Gasteiger partial charge >= 0.3 is 5.97 Å². The van der Waals surface area contributed by atoms with E-state index in [2.05, 4.69) is 18.7 Å². The Hall–Kier alpha value is -1.23. The molecule has 158 valence electrons. The Kier molecular flexibility index (Phi) is 6.03. The van der Waals surface area contributed by atoms with Crippen molar-refractivity contribution in [3.8, 4) is 0 Å².